The number of aromatic amines is 1. The van der Waals surface area contributed by atoms with Crippen molar-refractivity contribution in [3.63, 3.8) is 0 Å². The summed E-state index contributed by atoms with van der Waals surface area (Å²) in [6.45, 7) is 7.28. The molecule has 0 spiro atoms. The fraction of sp³-hybridized carbons (Fsp3) is 0.520. The van der Waals surface area contributed by atoms with Gasteiger partial charge in [0.15, 0.2) is 5.65 Å². The Balaban J connectivity index is 1.58. The zero-order chi connectivity index (χ0) is 25.5. The van der Waals surface area contributed by atoms with Crippen LogP contribution in [0.4, 0.5) is 5.95 Å². The normalized spacial score (nSPS) is 22.6. The number of imidazole rings is 1. The van der Waals surface area contributed by atoms with Crippen molar-refractivity contribution in [2.24, 2.45) is 11.8 Å². The molecule has 0 aromatic carbocycles. The molecule has 1 unspecified atom stereocenters. The van der Waals surface area contributed by atoms with Gasteiger partial charge in [0, 0.05) is 31.0 Å². The third-order valence-corrected chi connectivity index (χ3v) is 7.60. The topological polar surface area (TPSA) is 128 Å². The van der Waals surface area contributed by atoms with Crippen molar-refractivity contribution in [1.29, 1.82) is 0 Å². The predicted molar refractivity (Wildman–Crippen MR) is 138 cm³/mol. The summed E-state index contributed by atoms with van der Waals surface area (Å²) in [5, 5.41) is 6.72. The third kappa shape index (κ3) is 4.73. The van der Waals surface area contributed by atoms with Crippen LogP contribution in [0.15, 0.2) is 27.7 Å². The van der Waals surface area contributed by atoms with Gasteiger partial charge < -0.3 is 18.6 Å². The summed E-state index contributed by atoms with van der Waals surface area (Å²) in [6, 6.07) is 1.97. The van der Waals surface area contributed by atoms with E-state index in [0.29, 0.717) is 35.5 Å². The van der Waals surface area contributed by atoms with Gasteiger partial charge in [-0.1, -0.05) is 31.4 Å². The van der Waals surface area contributed by atoms with Gasteiger partial charge in [-0.05, 0) is 37.7 Å². The Morgan fingerprint density at radius 2 is 1.97 bits per heavy atom. The summed E-state index contributed by atoms with van der Waals surface area (Å²) >= 11 is 6.33. The SMILES string of the molecule is CC1CCC(Cn2c(N3CCOCC3C)nc3nc(-c4n[nH]c(=O)o4)nc(-c4cncc(Cl)c4)c32)CC1. The molecule has 0 bridgehead atoms. The van der Waals surface area contributed by atoms with Crippen molar-refractivity contribution < 1.29 is 9.15 Å². The molecular formula is C25H29ClN8O3. The van der Waals surface area contributed by atoms with Crippen molar-refractivity contribution in [2.75, 3.05) is 24.7 Å². The molecular weight excluding hydrogens is 496 g/mol. The maximum Gasteiger partial charge on any atom is 0.434 e. The van der Waals surface area contributed by atoms with E-state index >= 15 is 0 Å². The molecule has 12 heteroatoms. The second-order valence-corrected chi connectivity index (χ2v) is 10.6. The number of rotatable bonds is 5. The Kier molecular flexibility index (Phi) is 6.41. The molecule has 37 heavy (non-hydrogen) atoms. The largest absolute Gasteiger partial charge is 0.434 e. The van der Waals surface area contributed by atoms with Crippen LogP contribution in [-0.2, 0) is 11.3 Å². The number of ether oxygens (including phenoxy) is 1. The minimum atomic E-state index is -0.676. The summed E-state index contributed by atoms with van der Waals surface area (Å²) in [7, 11) is 0. The number of fused-ring (bicyclic) bond motifs is 1. The molecule has 1 aliphatic heterocycles. The average molecular weight is 525 g/mol. The van der Waals surface area contributed by atoms with Gasteiger partial charge in [-0.3, -0.25) is 4.98 Å². The van der Waals surface area contributed by atoms with Crippen molar-refractivity contribution in [3.8, 4) is 23.0 Å². The first-order valence-corrected chi connectivity index (χ1v) is 13.1. The molecule has 1 N–H and O–H groups in total. The number of hydrogen-bond donors (Lipinski definition) is 1. The molecule has 11 nitrogen and oxygen atoms in total. The van der Waals surface area contributed by atoms with Gasteiger partial charge in [-0.2, -0.15) is 4.98 Å². The lowest BCUT2D eigenvalue weighted by Gasteiger charge is -2.35. The number of H-pyrrole nitrogens is 1. The number of halogens is 1. The highest BCUT2D eigenvalue weighted by atomic mass is 35.5. The van der Waals surface area contributed by atoms with E-state index in [9.17, 15) is 4.79 Å². The monoisotopic (exact) mass is 524 g/mol. The van der Waals surface area contributed by atoms with Gasteiger partial charge in [-0.25, -0.2) is 19.9 Å². The van der Waals surface area contributed by atoms with Crippen LogP contribution in [0.5, 0.6) is 0 Å². The number of hydrogen-bond acceptors (Lipinski definition) is 9. The van der Waals surface area contributed by atoms with Crippen molar-refractivity contribution in [1.82, 2.24) is 34.7 Å². The molecule has 4 aromatic rings. The van der Waals surface area contributed by atoms with E-state index in [1.165, 1.54) is 25.7 Å². The highest BCUT2D eigenvalue weighted by Gasteiger charge is 2.30. The standard InChI is InChI=1S/C25H29ClN8O3/c1-14-3-5-16(6-4-14)12-34-20-19(17-9-18(26)11-27-10-17)28-22(23-31-32-25(35)37-23)29-21(20)30-24(34)33-7-8-36-13-15(33)2/h9-11,14-16H,3-8,12-13H2,1-2H3,(H,32,35). The molecule has 1 atom stereocenters. The average Bonchev–Trinajstić information content (AvgIpc) is 3.49. The summed E-state index contributed by atoms with van der Waals surface area (Å²) in [5.41, 5.74) is 2.64. The Hall–Kier alpha value is -3.31. The minimum absolute atomic E-state index is 0.000228. The van der Waals surface area contributed by atoms with Crippen LogP contribution in [0.3, 0.4) is 0 Å². The lowest BCUT2D eigenvalue weighted by molar-refractivity contribution is 0.0976. The molecule has 0 radical (unpaired) electrons. The van der Waals surface area contributed by atoms with Gasteiger partial charge in [0.05, 0.1) is 24.3 Å². The van der Waals surface area contributed by atoms with E-state index in [1.807, 2.05) is 6.07 Å². The van der Waals surface area contributed by atoms with Crippen molar-refractivity contribution in [3.05, 3.63) is 34.0 Å². The van der Waals surface area contributed by atoms with Crippen LogP contribution in [-0.4, -0.2) is 60.5 Å². The van der Waals surface area contributed by atoms with Crippen LogP contribution >= 0.6 is 11.6 Å². The lowest BCUT2D eigenvalue weighted by Crippen LogP contribution is -2.45. The molecule has 0 amide bonds. The van der Waals surface area contributed by atoms with Gasteiger partial charge >= 0.3 is 5.76 Å². The summed E-state index contributed by atoms with van der Waals surface area (Å²) in [4.78, 5) is 32.8. The first-order chi connectivity index (χ1) is 18.0. The molecule has 4 aromatic heterocycles. The van der Waals surface area contributed by atoms with Crippen LogP contribution in [0, 0.1) is 11.8 Å². The molecule has 1 saturated carbocycles. The zero-order valence-corrected chi connectivity index (χ0v) is 21.6. The van der Waals surface area contributed by atoms with Crippen LogP contribution in [0.25, 0.3) is 34.1 Å². The second kappa shape index (κ2) is 9.86. The smallest absolute Gasteiger partial charge is 0.384 e. The van der Waals surface area contributed by atoms with Crippen LogP contribution < -0.4 is 10.7 Å². The van der Waals surface area contributed by atoms with E-state index in [2.05, 4.69) is 38.5 Å². The Morgan fingerprint density at radius 3 is 2.70 bits per heavy atom. The number of pyridine rings is 1. The summed E-state index contributed by atoms with van der Waals surface area (Å²) in [5.74, 6) is 1.62. The highest BCUT2D eigenvalue weighted by Crippen LogP contribution is 2.36. The Morgan fingerprint density at radius 1 is 1.14 bits per heavy atom. The highest BCUT2D eigenvalue weighted by molar-refractivity contribution is 6.30. The maximum absolute atomic E-state index is 11.7. The third-order valence-electron chi connectivity index (χ3n) is 7.39. The fourth-order valence-electron chi connectivity index (χ4n) is 5.37. The van der Waals surface area contributed by atoms with E-state index in [4.69, 9.17) is 35.7 Å². The lowest BCUT2D eigenvalue weighted by atomic mass is 9.83. The quantitative estimate of drug-likeness (QED) is 0.412. The molecule has 1 saturated heterocycles. The zero-order valence-electron chi connectivity index (χ0n) is 20.9. The Labute approximate surface area is 218 Å². The molecule has 2 aliphatic rings. The number of nitrogens with one attached hydrogen (secondary N) is 1. The predicted octanol–water partition coefficient (Wildman–Crippen LogP) is 3.94. The summed E-state index contributed by atoms with van der Waals surface area (Å²) in [6.07, 6.45) is 8.09. The molecule has 2 fully saturated rings. The minimum Gasteiger partial charge on any atom is -0.384 e. The molecule has 194 valence electrons. The fourth-order valence-corrected chi connectivity index (χ4v) is 5.55. The number of aromatic nitrogens is 7. The van der Waals surface area contributed by atoms with E-state index in [1.54, 1.807) is 12.4 Å². The molecule has 1 aliphatic carbocycles. The first kappa shape index (κ1) is 24.1. The number of morpholine rings is 1. The van der Waals surface area contributed by atoms with E-state index in [-0.39, 0.29) is 17.8 Å². The van der Waals surface area contributed by atoms with E-state index in [0.717, 1.165) is 36.0 Å². The van der Waals surface area contributed by atoms with E-state index < -0.39 is 5.76 Å². The number of anilines is 1. The van der Waals surface area contributed by atoms with Crippen molar-refractivity contribution in [2.45, 2.75) is 52.1 Å². The van der Waals surface area contributed by atoms with Gasteiger partial charge in [0.1, 0.15) is 11.2 Å². The van der Waals surface area contributed by atoms with Crippen LogP contribution in [0.1, 0.15) is 39.5 Å². The van der Waals surface area contributed by atoms with Crippen molar-refractivity contribution >= 4 is 28.7 Å². The number of nitrogens with zero attached hydrogens (tertiary/aromatic N) is 7. The van der Waals surface area contributed by atoms with Gasteiger partial charge in [-0.15, -0.1) is 5.10 Å². The van der Waals surface area contributed by atoms with Gasteiger partial charge in [0.2, 0.25) is 11.8 Å². The first-order valence-electron chi connectivity index (χ1n) is 12.8. The molecule has 5 heterocycles. The van der Waals surface area contributed by atoms with Gasteiger partial charge in [0.25, 0.3) is 5.89 Å². The second-order valence-electron chi connectivity index (χ2n) is 10.1. The van der Waals surface area contributed by atoms with Crippen LogP contribution in [0.2, 0.25) is 5.02 Å². The maximum atomic E-state index is 11.7. The molecule has 6 rings (SSSR count). The Bertz CT molecular complexity index is 1470. The summed E-state index contributed by atoms with van der Waals surface area (Å²) < 4.78 is 13.2.